The van der Waals surface area contributed by atoms with E-state index in [2.05, 4.69) is 0 Å². The Morgan fingerprint density at radius 3 is 2.69 bits per heavy atom. The summed E-state index contributed by atoms with van der Waals surface area (Å²) in [7, 11) is 1.67. The zero-order chi connectivity index (χ0) is 11.9. The van der Waals surface area contributed by atoms with E-state index >= 15 is 0 Å². The minimum atomic E-state index is -0.957. The van der Waals surface area contributed by atoms with Gasteiger partial charge in [-0.25, -0.2) is 0 Å². The van der Waals surface area contributed by atoms with Gasteiger partial charge in [-0.2, -0.15) is 0 Å². The van der Waals surface area contributed by atoms with Gasteiger partial charge >= 0.3 is 5.97 Å². The number of hydrogen-bond donors (Lipinski definition) is 1. The maximum Gasteiger partial charge on any atom is 0.304 e. The number of hydrogen-bond acceptors (Lipinski definition) is 2. The predicted octanol–water partition coefficient (Wildman–Crippen LogP) is 1.40. The standard InChI is InChI=1S/C12H13NO3/c1-12(7-10(14)15)8-5-3-4-6-9(8)13(2)11(12)16/h3-6H,7H2,1-2H3,(H,14,15). The fraction of sp³-hybridized carbons (Fsp3) is 0.333. The van der Waals surface area contributed by atoms with Crippen LogP contribution in [0.4, 0.5) is 5.69 Å². The van der Waals surface area contributed by atoms with Crippen LogP contribution in [0.25, 0.3) is 0 Å². The molecule has 0 saturated heterocycles. The zero-order valence-corrected chi connectivity index (χ0v) is 9.23. The molecule has 1 aromatic carbocycles. The van der Waals surface area contributed by atoms with Gasteiger partial charge in [0.25, 0.3) is 0 Å². The number of carboxylic acids is 1. The second-order valence-electron chi connectivity index (χ2n) is 4.28. The van der Waals surface area contributed by atoms with Gasteiger partial charge in [0.05, 0.1) is 11.8 Å². The van der Waals surface area contributed by atoms with Crippen LogP contribution in [0.1, 0.15) is 18.9 Å². The molecule has 1 aliphatic rings. The number of amides is 1. The minimum Gasteiger partial charge on any atom is -0.481 e. The SMILES string of the molecule is CN1C(=O)C(C)(CC(=O)O)c2ccccc21. The molecule has 0 spiro atoms. The van der Waals surface area contributed by atoms with Gasteiger partial charge in [0.2, 0.25) is 5.91 Å². The Morgan fingerprint density at radius 1 is 1.44 bits per heavy atom. The van der Waals surface area contributed by atoms with Crippen molar-refractivity contribution in [3.05, 3.63) is 29.8 Å². The number of aliphatic carboxylic acids is 1. The smallest absolute Gasteiger partial charge is 0.304 e. The third-order valence-corrected chi connectivity index (χ3v) is 3.14. The number of benzene rings is 1. The number of fused-ring (bicyclic) bond motifs is 1. The second-order valence-corrected chi connectivity index (χ2v) is 4.28. The lowest BCUT2D eigenvalue weighted by Crippen LogP contribution is -2.37. The van der Waals surface area contributed by atoms with Gasteiger partial charge in [0.15, 0.2) is 0 Å². The number of carbonyl (C=O) groups excluding carboxylic acids is 1. The molecule has 0 radical (unpaired) electrons. The number of carbonyl (C=O) groups is 2. The van der Waals surface area contributed by atoms with E-state index < -0.39 is 11.4 Å². The normalized spacial score (nSPS) is 23.4. The highest BCUT2D eigenvalue weighted by atomic mass is 16.4. The van der Waals surface area contributed by atoms with E-state index in [1.807, 2.05) is 24.3 Å². The van der Waals surface area contributed by atoms with Crippen LogP contribution in [-0.4, -0.2) is 24.0 Å². The van der Waals surface area contributed by atoms with Gasteiger partial charge in [-0.15, -0.1) is 0 Å². The lowest BCUT2D eigenvalue weighted by Gasteiger charge is -2.20. The number of para-hydroxylation sites is 1. The first-order valence-corrected chi connectivity index (χ1v) is 5.06. The summed E-state index contributed by atoms with van der Waals surface area (Å²) in [4.78, 5) is 24.5. The minimum absolute atomic E-state index is 0.156. The van der Waals surface area contributed by atoms with E-state index in [0.717, 1.165) is 11.3 Å². The predicted molar refractivity (Wildman–Crippen MR) is 59.5 cm³/mol. The van der Waals surface area contributed by atoms with Crippen LogP contribution < -0.4 is 4.90 Å². The molecule has 1 amide bonds. The number of rotatable bonds is 2. The molecule has 4 heteroatoms. The van der Waals surface area contributed by atoms with Crippen LogP contribution in [0.15, 0.2) is 24.3 Å². The molecule has 2 rings (SSSR count). The van der Waals surface area contributed by atoms with E-state index in [9.17, 15) is 9.59 Å². The number of nitrogens with zero attached hydrogens (tertiary/aromatic N) is 1. The first kappa shape index (κ1) is 10.7. The van der Waals surface area contributed by atoms with E-state index in [1.54, 1.807) is 14.0 Å². The molecule has 1 unspecified atom stereocenters. The van der Waals surface area contributed by atoms with Crippen molar-refractivity contribution in [3.63, 3.8) is 0 Å². The van der Waals surface area contributed by atoms with Gasteiger partial charge in [-0.3, -0.25) is 9.59 Å². The topological polar surface area (TPSA) is 57.6 Å². The molecular weight excluding hydrogens is 206 g/mol. The van der Waals surface area contributed by atoms with Crippen molar-refractivity contribution in [3.8, 4) is 0 Å². The van der Waals surface area contributed by atoms with Gasteiger partial charge < -0.3 is 10.0 Å². The molecule has 0 aliphatic carbocycles. The molecule has 0 fully saturated rings. The number of carboxylic acid groups (broad SMARTS) is 1. The fourth-order valence-corrected chi connectivity index (χ4v) is 2.30. The summed E-state index contributed by atoms with van der Waals surface area (Å²) in [5.74, 6) is -1.11. The maximum atomic E-state index is 12.1. The molecule has 1 aliphatic heterocycles. The Hall–Kier alpha value is -1.84. The first-order valence-electron chi connectivity index (χ1n) is 5.06. The molecule has 4 nitrogen and oxygen atoms in total. The molecule has 0 bridgehead atoms. The van der Waals surface area contributed by atoms with Crippen molar-refractivity contribution >= 4 is 17.6 Å². The molecule has 1 aromatic rings. The Labute approximate surface area is 93.5 Å². The van der Waals surface area contributed by atoms with Crippen molar-refractivity contribution in [1.82, 2.24) is 0 Å². The van der Waals surface area contributed by atoms with Crippen LogP contribution in [0.2, 0.25) is 0 Å². The van der Waals surface area contributed by atoms with Gasteiger partial charge in [0.1, 0.15) is 0 Å². The third kappa shape index (κ3) is 1.30. The molecule has 1 atom stereocenters. The van der Waals surface area contributed by atoms with Crippen molar-refractivity contribution in [2.45, 2.75) is 18.8 Å². The Morgan fingerprint density at radius 2 is 2.06 bits per heavy atom. The molecule has 16 heavy (non-hydrogen) atoms. The Balaban J connectivity index is 2.56. The Kier molecular flexibility index (Phi) is 2.22. The Bertz CT molecular complexity index is 469. The van der Waals surface area contributed by atoms with Crippen molar-refractivity contribution in [2.75, 3.05) is 11.9 Å². The summed E-state index contributed by atoms with van der Waals surface area (Å²) in [6.07, 6.45) is -0.173. The average Bonchev–Trinajstić information content (AvgIpc) is 2.42. The molecular formula is C12H13NO3. The van der Waals surface area contributed by atoms with Gasteiger partial charge in [-0.1, -0.05) is 18.2 Å². The quantitative estimate of drug-likeness (QED) is 0.817. The second kappa shape index (κ2) is 3.33. The summed E-state index contributed by atoms with van der Waals surface area (Å²) in [5.41, 5.74) is 0.665. The van der Waals surface area contributed by atoms with Crippen LogP contribution in [-0.2, 0) is 15.0 Å². The van der Waals surface area contributed by atoms with Crippen molar-refractivity contribution in [1.29, 1.82) is 0 Å². The first-order chi connectivity index (χ1) is 7.47. The van der Waals surface area contributed by atoms with Crippen LogP contribution in [0.3, 0.4) is 0 Å². The molecule has 0 aromatic heterocycles. The molecule has 84 valence electrons. The average molecular weight is 219 g/mol. The van der Waals surface area contributed by atoms with Crippen LogP contribution in [0, 0.1) is 0 Å². The van der Waals surface area contributed by atoms with E-state index in [0.29, 0.717) is 0 Å². The number of likely N-dealkylation sites (N-methyl/N-ethyl adjacent to an activating group) is 1. The molecule has 0 saturated carbocycles. The van der Waals surface area contributed by atoms with E-state index in [-0.39, 0.29) is 12.3 Å². The summed E-state index contributed by atoms with van der Waals surface area (Å²) < 4.78 is 0. The highest BCUT2D eigenvalue weighted by Crippen LogP contribution is 2.42. The summed E-state index contributed by atoms with van der Waals surface area (Å²) >= 11 is 0. The maximum absolute atomic E-state index is 12.1. The van der Waals surface area contributed by atoms with Crippen molar-refractivity contribution in [2.24, 2.45) is 0 Å². The summed E-state index contributed by atoms with van der Waals surface area (Å²) in [6.45, 7) is 1.69. The van der Waals surface area contributed by atoms with Gasteiger partial charge in [-0.05, 0) is 18.6 Å². The van der Waals surface area contributed by atoms with E-state index in [1.165, 1.54) is 4.90 Å². The summed E-state index contributed by atoms with van der Waals surface area (Å²) in [5, 5.41) is 8.90. The number of anilines is 1. The lowest BCUT2D eigenvalue weighted by atomic mass is 9.81. The highest BCUT2D eigenvalue weighted by molar-refractivity contribution is 6.08. The zero-order valence-electron chi connectivity index (χ0n) is 9.23. The third-order valence-electron chi connectivity index (χ3n) is 3.14. The van der Waals surface area contributed by atoms with Crippen LogP contribution in [0.5, 0.6) is 0 Å². The summed E-state index contributed by atoms with van der Waals surface area (Å²) in [6, 6.07) is 7.32. The fourth-order valence-electron chi connectivity index (χ4n) is 2.30. The highest BCUT2D eigenvalue weighted by Gasteiger charge is 2.47. The monoisotopic (exact) mass is 219 g/mol. The van der Waals surface area contributed by atoms with Gasteiger partial charge in [0, 0.05) is 12.7 Å². The largest absolute Gasteiger partial charge is 0.481 e. The molecule has 1 heterocycles. The van der Waals surface area contributed by atoms with Crippen LogP contribution >= 0.6 is 0 Å². The lowest BCUT2D eigenvalue weighted by molar-refractivity contribution is -0.140. The van der Waals surface area contributed by atoms with E-state index in [4.69, 9.17) is 5.11 Å². The molecule has 1 N–H and O–H groups in total. The van der Waals surface area contributed by atoms with Crippen molar-refractivity contribution < 1.29 is 14.7 Å².